The van der Waals surface area contributed by atoms with Crippen molar-refractivity contribution in [3.05, 3.63) is 169 Å². The number of nitrogens with zero attached hydrogens (tertiary/aromatic N) is 3. The second-order valence-electron chi connectivity index (χ2n) is 13.5. The summed E-state index contributed by atoms with van der Waals surface area (Å²) in [7, 11) is -1.34. The zero-order chi connectivity index (χ0) is 37.5. The minimum absolute atomic E-state index is 0. The molecule has 0 saturated heterocycles. The Bertz CT molecular complexity index is 2680. The molecule has 3 aromatic heterocycles. The number of benzene rings is 6. The van der Waals surface area contributed by atoms with E-state index >= 15 is 0 Å². The standard InChI is InChI=1S/C31H19N2O.C15H18NSi.Ir/c1-2-10-21(11-3-1)22-12-8-13-23(20-22)33-28-18-6-5-17-27(28)32-31(33)26-16-9-15-25-24-14-4-7-19-29(24)34-30(25)26;1-12-5-7-13(8-6-12)15-10-9-14(11-16-15)17(2,3)4;/h1-15,17-20H;5-7,9-11H,1-4H3;/q2*-1;/i;1D3;. The smallest absolute Gasteiger partial charge is 0.120 e. The Morgan fingerprint density at radius 3 is 2.29 bits per heavy atom. The third-order valence-electron chi connectivity index (χ3n) is 9.05. The van der Waals surface area contributed by atoms with Gasteiger partial charge in [0.2, 0.25) is 0 Å². The summed E-state index contributed by atoms with van der Waals surface area (Å²) in [5, 5.41) is 3.47. The molecule has 9 rings (SSSR count). The van der Waals surface area contributed by atoms with Gasteiger partial charge in [-0.25, -0.2) is 0 Å². The minimum Gasteiger partial charge on any atom is -0.501 e. The molecule has 257 valence electrons. The van der Waals surface area contributed by atoms with Crippen molar-refractivity contribution in [2.75, 3.05) is 0 Å². The molecule has 0 atom stereocenters. The van der Waals surface area contributed by atoms with E-state index in [0.717, 1.165) is 66.9 Å². The predicted molar refractivity (Wildman–Crippen MR) is 214 cm³/mol. The number of hydrogen-bond acceptors (Lipinski definition) is 3. The molecule has 0 spiro atoms. The van der Waals surface area contributed by atoms with E-state index in [1.807, 2.05) is 48.7 Å². The van der Waals surface area contributed by atoms with E-state index in [9.17, 15) is 0 Å². The number of pyridine rings is 1. The van der Waals surface area contributed by atoms with E-state index < -0.39 is 14.9 Å². The summed E-state index contributed by atoms with van der Waals surface area (Å²) in [6, 6.07) is 54.9. The normalized spacial score (nSPS) is 12.4. The Balaban J connectivity index is 0.000000191. The van der Waals surface area contributed by atoms with Gasteiger partial charge in [-0.2, -0.15) is 0 Å². The number of aromatic nitrogens is 3. The van der Waals surface area contributed by atoms with Crippen molar-refractivity contribution in [3.63, 3.8) is 0 Å². The van der Waals surface area contributed by atoms with Gasteiger partial charge in [-0.05, 0) is 52.3 Å². The first-order valence-electron chi connectivity index (χ1n) is 18.5. The maximum absolute atomic E-state index is 7.35. The van der Waals surface area contributed by atoms with Gasteiger partial charge >= 0.3 is 0 Å². The molecule has 9 aromatic rings. The van der Waals surface area contributed by atoms with Gasteiger partial charge in [0.25, 0.3) is 0 Å². The molecule has 52 heavy (non-hydrogen) atoms. The van der Waals surface area contributed by atoms with Gasteiger partial charge in [0, 0.05) is 41.5 Å². The summed E-state index contributed by atoms with van der Waals surface area (Å²) in [5.74, 6) is 0.816. The van der Waals surface area contributed by atoms with Crippen LogP contribution in [0.1, 0.15) is 9.68 Å². The van der Waals surface area contributed by atoms with E-state index in [1.165, 1.54) is 16.8 Å². The van der Waals surface area contributed by atoms with Crippen LogP contribution in [0.4, 0.5) is 0 Å². The first-order chi connectivity index (χ1) is 26.0. The average Bonchev–Trinajstić information content (AvgIpc) is 3.77. The van der Waals surface area contributed by atoms with Crippen LogP contribution in [0, 0.1) is 19.0 Å². The second kappa shape index (κ2) is 14.7. The van der Waals surface area contributed by atoms with Crippen molar-refractivity contribution >= 4 is 46.2 Å². The summed E-state index contributed by atoms with van der Waals surface area (Å²) in [6.45, 7) is 4.76. The summed E-state index contributed by atoms with van der Waals surface area (Å²) in [4.78, 5) is 9.52. The molecular weight excluding hydrogens is 831 g/mol. The van der Waals surface area contributed by atoms with E-state index in [1.54, 1.807) is 12.1 Å². The van der Waals surface area contributed by atoms with E-state index in [4.69, 9.17) is 13.5 Å². The molecule has 0 bridgehead atoms. The third-order valence-corrected chi connectivity index (χ3v) is 11.1. The summed E-state index contributed by atoms with van der Waals surface area (Å²) < 4.78 is 30.6. The van der Waals surface area contributed by atoms with Crippen molar-refractivity contribution in [2.45, 2.75) is 26.5 Å². The number of para-hydroxylation sites is 3. The molecule has 0 aliphatic heterocycles. The zero-order valence-corrected chi connectivity index (χ0v) is 32.4. The minimum atomic E-state index is -2.08. The Morgan fingerprint density at radius 2 is 1.52 bits per heavy atom. The number of hydrogen-bond donors (Lipinski definition) is 0. The topological polar surface area (TPSA) is 43.9 Å². The molecule has 0 saturated carbocycles. The SMILES string of the molecule is [2H]C([2H])([2H])c1c[c-]c(-c2ccc([Si](C)(C)C)cn2)cc1.[Ir].[c-]1ccc2c(oc3ccccc32)c1-c1nc2ccccc2n1-c1cccc(-c2ccccc2)c1. The van der Waals surface area contributed by atoms with Crippen molar-refractivity contribution in [1.82, 2.24) is 14.5 Å². The molecule has 0 aliphatic carbocycles. The fraction of sp³-hybridized carbons (Fsp3) is 0.0870. The van der Waals surface area contributed by atoms with Crippen LogP contribution in [0.15, 0.2) is 156 Å². The first kappa shape index (κ1) is 31.4. The van der Waals surface area contributed by atoms with E-state index in [0.29, 0.717) is 5.56 Å². The number of furan rings is 1. The predicted octanol–water partition coefficient (Wildman–Crippen LogP) is 11.5. The van der Waals surface area contributed by atoms with Crippen LogP contribution in [0.3, 0.4) is 0 Å². The van der Waals surface area contributed by atoms with Crippen LogP contribution in [-0.4, -0.2) is 22.6 Å². The largest absolute Gasteiger partial charge is 0.501 e. The average molecular weight is 871 g/mol. The van der Waals surface area contributed by atoms with Crippen LogP contribution >= 0.6 is 0 Å². The van der Waals surface area contributed by atoms with Gasteiger partial charge in [0.1, 0.15) is 5.58 Å². The van der Waals surface area contributed by atoms with Gasteiger partial charge in [-0.1, -0.05) is 122 Å². The Hall–Kier alpha value is -5.39. The van der Waals surface area contributed by atoms with Crippen LogP contribution < -0.4 is 5.19 Å². The molecule has 6 aromatic carbocycles. The molecule has 1 radical (unpaired) electrons. The quantitative estimate of drug-likeness (QED) is 0.128. The molecule has 0 amide bonds. The maximum atomic E-state index is 7.35. The first-order valence-corrected chi connectivity index (χ1v) is 20.5. The number of imidazole rings is 1. The Kier molecular flexibility index (Phi) is 8.85. The molecular formula is C46H37IrN3OSi-2. The van der Waals surface area contributed by atoms with Gasteiger partial charge in [0.05, 0.1) is 30.5 Å². The summed E-state index contributed by atoms with van der Waals surface area (Å²) >= 11 is 0. The molecule has 0 N–H and O–H groups in total. The van der Waals surface area contributed by atoms with Crippen molar-refractivity contribution in [2.24, 2.45) is 0 Å². The molecule has 3 heterocycles. The van der Waals surface area contributed by atoms with E-state index in [-0.39, 0.29) is 20.1 Å². The van der Waals surface area contributed by atoms with Crippen molar-refractivity contribution in [1.29, 1.82) is 0 Å². The molecule has 0 aliphatic rings. The molecule has 0 unspecified atom stereocenters. The van der Waals surface area contributed by atoms with Crippen LogP contribution in [0.25, 0.3) is 72.4 Å². The van der Waals surface area contributed by atoms with Gasteiger partial charge in [-0.15, -0.1) is 53.6 Å². The van der Waals surface area contributed by atoms with Crippen molar-refractivity contribution in [3.8, 4) is 39.5 Å². The van der Waals surface area contributed by atoms with Crippen LogP contribution in [0.5, 0.6) is 0 Å². The molecule has 0 fully saturated rings. The van der Waals surface area contributed by atoms with Gasteiger partial charge in [0.15, 0.2) is 0 Å². The van der Waals surface area contributed by atoms with Crippen LogP contribution in [0.2, 0.25) is 19.6 Å². The fourth-order valence-corrected chi connectivity index (χ4v) is 7.38. The molecule has 4 nitrogen and oxygen atoms in total. The zero-order valence-electron chi connectivity index (χ0n) is 32.0. The summed E-state index contributed by atoms with van der Waals surface area (Å²) in [5.41, 5.74) is 9.85. The molecule has 6 heteroatoms. The van der Waals surface area contributed by atoms with Gasteiger partial charge < -0.3 is 14.0 Å². The second-order valence-corrected chi connectivity index (χ2v) is 18.6. The Labute approximate surface area is 323 Å². The number of rotatable bonds is 5. The number of fused-ring (bicyclic) bond motifs is 4. The maximum Gasteiger partial charge on any atom is 0.120 e. The monoisotopic (exact) mass is 871 g/mol. The number of aryl methyl sites for hydroxylation is 1. The fourth-order valence-electron chi connectivity index (χ4n) is 6.35. The van der Waals surface area contributed by atoms with Gasteiger partial charge in [-0.3, -0.25) is 4.98 Å². The summed E-state index contributed by atoms with van der Waals surface area (Å²) in [6.07, 6.45) is 1.92. The Morgan fingerprint density at radius 1 is 0.731 bits per heavy atom. The van der Waals surface area contributed by atoms with E-state index in [2.05, 4.69) is 126 Å². The third kappa shape index (κ3) is 6.93. The van der Waals surface area contributed by atoms with Crippen LogP contribution in [-0.2, 0) is 20.1 Å². The van der Waals surface area contributed by atoms with Crippen molar-refractivity contribution < 1.29 is 28.6 Å².